The molecule has 1 atom stereocenters. The monoisotopic (exact) mass is 376 g/mol. The predicted molar refractivity (Wildman–Crippen MR) is 108 cm³/mol. The molecule has 5 rings (SSSR count). The number of aryl methyl sites for hydroxylation is 1. The molecule has 2 aliphatic rings. The van der Waals surface area contributed by atoms with E-state index in [2.05, 4.69) is 28.5 Å². The van der Waals surface area contributed by atoms with Crippen LogP contribution in [-0.4, -0.2) is 24.6 Å². The molecule has 0 saturated carbocycles. The van der Waals surface area contributed by atoms with E-state index in [1.54, 1.807) is 7.11 Å². The van der Waals surface area contributed by atoms with Crippen molar-refractivity contribution in [2.24, 2.45) is 0 Å². The van der Waals surface area contributed by atoms with Gasteiger partial charge in [0.15, 0.2) is 0 Å². The number of carbonyl (C=O) groups is 1. The average Bonchev–Trinajstić information content (AvgIpc) is 3.32. The van der Waals surface area contributed by atoms with Gasteiger partial charge in [-0.1, -0.05) is 12.1 Å². The fraction of sp³-hybridized carbons (Fsp3) is 0.348. The lowest BCUT2D eigenvalue weighted by Crippen LogP contribution is -2.32. The van der Waals surface area contributed by atoms with Crippen LogP contribution >= 0.6 is 0 Å². The Morgan fingerprint density at radius 1 is 1.25 bits per heavy atom. The first-order valence-electron chi connectivity index (χ1n) is 9.94. The van der Waals surface area contributed by atoms with Gasteiger partial charge in [0.2, 0.25) is 5.91 Å². The minimum absolute atomic E-state index is 0.0346. The van der Waals surface area contributed by atoms with Crippen LogP contribution in [0.1, 0.15) is 41.3 Å². The highest BCUT2D eigenvalue weighted by atomic mass is 16.5. The number of ether oxygens (including phenoxy) is 2. The third-order valence-electron chi connectivity index (χ3n) is 5.87. The van der Waals surface area contributed by atoms with Gasteiger partial charge >= 0.3 is 0 Å². The highest BCUT2D eigenvalue weighted by Crippen LogP contribution is 2.36. The summed E-state index contributed by atoms with van der Waals surface area (Å²) in [4.78, 5) is 16.3. The standard InChI is InChI=1S/C23H24N2O3/c1-27-16-6-7-19-18(13-16)17-3-2-4-20(23(17)25-19)24-22(26)12-14-5-8-21-15(11-14)9-10-28-21/h5-8,11,13,20,25H,2-4,9-10,12H2,1H3,(H,24,26)/t20-/m1/s1. The molecule has 5 nitrogen and oxygen atoms in total. The van der Waals surface area contributed by atoms with Gasteiger partial charge in [0.1, 0.15) is 11.5 Å². The number of aromatic nitrogens is 1. The van der Waals surface area contributed by atoms with Gasteiger partial charge in [0.05, 0.1) is 26.2 Å². The minimum atomic E-state index is 0.0346. The van der Waals surface area contributed by atoms with E-state index in [0.717, 1.165) is 60.6 Å². The van der Waals surface area contributed by atoms with Gasteiger partial charge in [-0.25, -0.2) is 0 Å². The molecular weight excluding hydrogens is 352 g/mol. The van der Waals surface area contributed by atoms with E-state index in [1.807, 2.05) is 18.2 Å². The van der Waals surface area contributed by atoms with Crippen molar-refractivity contribution < 1.29 is 14.3 Å². The maximum Gasteiger partial charge on any atom is 0.224 e. The van der Waals surface area contributed by atoms with Crippen LogP contribution < -0.4 is 14.8 Å². The van der Waals surface area contributed by atoms with Crippen LogP contribution in [-0.2, 0) is 24.1 Å². The Labute approximate surface area is 164 Å². The van der Waals surface area contributed by atoms with Crippen molar-refractivity contribution in [3.05, 3.63) is 58.8 Å². The van der Waals surface area contributed by atoms with Crippen molar-refractivity contribution >= 4 is 16.8 Å². The van der Waals surface area contributed by atoms with Crippen molar-refractivity contribution in [2.75, 3.05) is 13.7 Å². The molecule has 1 aromatic heterocycles. The zero-order valence-corrected chi connectivity index (χ0v) is 16.0. The molecule has 0 saturated heterocycles. The summed E-state index contributed by atoms with van der Waals surface area (Å²) < 4.78 is 10.9. The largest absolute Gasteiger partial charge is 0.497 e. The fourth-order valence-corrected chi connectivity index (χ4v) is 4.49. The Morgan fingerprint density at radius 3 is 3.07 bits per heavy atom. The molecule has 2 N–H and O–H groups in total. The second-order valence-corrected chi connectivity index (χ2v) is 7.66. The van der Waals surface area contributed by atoms with E-state index in [1.165, 1.54) is 16.5 Å². The van der Waals surface area contributed by atoms with Crippen LogP contribution in [0.5, 0.6) is 11.5 Å². The molecule has 0 fully saturated rings. The Bertz CT molecular complexity index is 1050. The van der Waals surface area contributed by atoms with Crippen molar-refractivity contribution in [3.8, 4) is 11.5 Å². The number of nitrogens with one attached hydrogen (secondary N) is 2. The lowest BCUT2D eigenvalue weighted by atomic mass is 9.91. The van der Waals surface area contributed by atoms with Gasteiger partial charge in [-0.05, 0) is 60.2 Å². The minimum Gasteiger partial charge on any atom is -0.497 e. The van der Waals surface area contributed by atoms with Crippen LogP contribution in [0, 0.1) is 0 Å². The zero-order chi connectivity index (χ0) is 19.1. The molecule has 3 aromatic rings. The van der Waals surface area contributed by atoms with Gasteiger partial charge in [-0.15, -0.1) is 0 Å². The number of methoxy groups -OCH3 is 1. The smallest absolute Gasteiger partial charge is 0.224 e. The van der Waals surface area contributed by atoms with Gasteiger partial charge in [-0.2, -0.15) is 0 Å². The molecule has 2 heterocycles. The van der Waals surface area contributed by atoms with Gasteiger partial charge in [-0.3, -0.25) is 4.79 Å². The highest BCUT2D eigenvalue weighted by molar-refractivity contribution is 5.87. The van der Waals surface area contributed by atoms with Crippen molar-refractivity contribution in [1.82, 2.24) is 10.3 Å². The summed E-state index contributed by atoms with van der Waals surface area (Å²) in [5.41, 5.74) is 5.80. The third-order valence-corrected chi connectivity index (χ3v) is 5.87. The number of benzene rings is 2. The van der Waals surface area contributed by atoms with Crippen LogP contribution in [0.4, 0.5) is 0 Å². The average molecular weight is 376 g/mol. The van der Waals surface area contributed by atoms with E-state index in [-0.39, 0.29) is 11.9 Å². The molecule has 0 spiro atoms. The Balaban J connectivity index is 1.35. The molecule has 0 unspecified atom stereocenters. The van der Waals surface area contributed by atoms with Crippen LogP contribution in [0.25, 0.3) is 10.9 Å². The number of aromatic amines is 1. The van der Waals surface area contributed by atoms with E-state index < -0.39 is 0 Å². The quantitative estimate of drug-likeness (QED) is 0.727. The Kier molecular flexibility index (Phi) is 4.23. The molecule has 1 aliphatic heterocycles. The number of amides is 1. The van der Waals surface area contributed by atoms with Crippen LogP contribution in [0.3, 0.4) is 0 Å². The molecule has 2 aromatic carbocycles. The summed E-state index contributed by atoms with van der Waals surface area (Å²) in [6.45, 7) is 0.737. The van der Waals surface area contributed by atoms with Gasteiger partial charge in [0.25, 0.3) is 0 Å². The summed E-state index contributed by atoms with van der Waals surface area (Å²) in [6.07, 6.45) is 4.38. The second-order valence-electron chi connectivity index (χ2n) is 7.66. The normalized spacial score (nSPS) is 17.7. The lowest BCUT2D eigenvalue weighted by molar-refractivity contribution is -0.121. The molecule has 28 heavy (non-hydrogen) atoms. The maximum atomic E-state index is 12.7. The summed E-state index contributed by atoms with van der Waals surface area (Å²) >= 11 is 0. The number of rotatable bonds is 4. The van der Waals surface area contributed by atoms with Crippen molar-refractivity contribution in [1.29, 1.82) is 0 Å². The summed E-state index contributed by atoms with van der Waals surface area (Å²) in [7, 11) is 1.69. The first kappa shape index (κ1) is 17.2. The molecule has 1 aliphatic carbocycles. The summed E-state index contributed by atoms with van der Waals surface area (Å²) in [5.74, 6) is 1.88. The number of hydrogen-bond donors (Lipinski definition) is 2. The Hall–Kier alpha value is -2.95. The second kappa shape index (κ2) is 6.89. The predicted octanol–water partition coefficient (Wildman–Crippen LogP) is 3.85. The summed E-state index contributed by atoms with van der Waals surface area (Å²) in [5, 5.41) is 4.45. The topological polar surface area (TPSA) is 63.3 Å². The zero-order valence-electron chi connectivity index (χ0n) is 16.0. The van der Waals surface area contributed by atoms with Crippen molar-refractivity contribution in [3.63, 3.8) is 0 Å². The number of fused-ring (bicyclic) bond motifs is 4. The molecule has 144 valence electrons. The van der Waals surface area contributed by atoms with Crippen molar-refractivity contribution in [2.45, 2.75) is 38.1 Å². The van der Waals surface area contributed by atoms with E-state index in [9.17, 15) is 4.79 Å². The van der Waals surface area contributed by atoms with E-state index >= 15 is 0 Å². The molecule has 0 radical (unpaired) electrons. The van der Waals surface area contributed by atoms with Gasteiger partial charge in [0, 0.05) is 23.0 Å². The summed E-state index contributed by atoms with van der Waals surface area (Å²) in [6, 6.07) is 12.2. The SMILES string of the molecule is COc1ccc2[nH]c3c(c2c1)CCC[C@H]3NC(=O)Cc1ccc2c(c1)CCO2. The fourth-order valence-electron chi connectivity index (χ4n) is 4.49. The van der Waals surface area contributed by atoms with E-state index in [4.69, 9.17) is 9.47 Å². The highest BCUT2D eigenvalue weighted by Gasteiger charge is 2.26. The van der Waals surface area contributed by atoms with Crippen LogP contribution in [0.15, 0.2) is 36.4 Å². The first-order valence-corrected chi connectivity index (χ1v) is 9.94. The number of carbonyl (C=O) groups excluding carboxylic acids is 1. The molecule has 0 bridgehead atoms. The van der Waals surface area contributed by atoms with Gasteiger partial charge < -0.3 is 19.8 Å². The molecular formula is C23H24N2O3. The van der Waals surface area contributed by atoms with E-state index in [0.29, 0.717) is 6.42 Å². The van der Waals surface area contributed by atoms with Crippen LogP contribution in [0.2, 0.25) is 0 Å². The number of hydrogen-bond acceptors (Lipinski definition) is 3. The maximum absolute atomic E-state index is 12.7. The lowest BCUT2D eigenvalue weighted by Gasteiger charge is -2.24. The Morgan fingerprint density at radius 2 is 2.18 bits per heavy atom. The molecule has 1 amide bonds. The third kappa shape index (κ3) is 3.01. The number of H-pyrrole nitrogens is 1. The first-order chi connectivity index (χ1) is 13.7. The molecule has 5 heteroatoms.